The molecule has 0 saturated heterocycles. The van der Waals surface area contributed by atoms with Crippen LogP contribution in [-0.2, 0) is 28.8 Å². The number of hydrogen-bond acceptors (Lipinski definition) is 11. The molecule has 0 aromatic rings. The van der Waals surface area contributed by atoms with E-state index in [1.165, 1.54) is 0 Å². The van der Waals surface area contributed by atoms with Crippen molar-refractivity contribution in [2.45, 2.75) is 50.0 Å². The van der Waals surface area contributed by atoms with E-state index in [-0.39, 0.29) is 57.8 Å². The Kier molecular flexibility index (Phi) is 24.6. The second-order valence-corrected chi connectivity index (χ2v) is 6.84. The first-order valence-electron chi connectivity index (χ1n) is 10.4. The zero-order valence-electron chi connectivity index (χ0n) is 19.4. The van der Waals surface area contributed by atoms with Crippen LogP contribution in [0.3, 0.4) is 0 Å². The maximum atomic E-state index is 11.3. The molecule has 1 unspecified atom stereocenters. The Morgan fingerprint density at radius 3 is 1.40 bits per heavy atom. The second-order valence-electron chi connectivity index (χ2n) is 6.84. The van der Waals surface area contributed by atoms with Crippen LogP contribution in [0.15, 0.2) is 0 Å². The lowest BCUT2D eigenvalue weighted by molar-refractivity contribution is -0.124. The molecule has 6 amide bonds. The summed E-state index contributed by atoms with van der Waals surface area (Å²) in [4.78, 5) is 63.0. The fourth-order valence-corrected chi connectivity index (χ4v) is 1.84. The van der Waals surface area contributed by atoms with Crippen molar-refractivity contribution in [1.29, 1.82) is 0 Å². The smallest absolute Gasteiger partial charge is 0.240 e. The second kappa shape index (κ2) is 23.8. The molecule has 0 radical (unpaired) electrons. The van der Waals surface area contributed by atoms with Crippen molar-refractivity contribution < 1.29 is 39.0 Å². The van der Waals surface area contributed by atoms with Gasteiger partial charge >= 0.3 is 0 Å². The van der Waals surface area contributed by atoms with Crippen molar-refractivity contribution in [3.05, 3.63) is 0 Å². The van der Waals surface area contributed by atoms with E-state index in [0.717, 1.165) is 0 Å². The molecule has 204 valence electrons. The molecule has 0 aromatic heterocycles. The molecule has 17 nitrogen and oxygen atoms in total. The minimum absolute atomic E-state index is 0.0196. The average Bonchev–Trinajstić information content (AvgIpc) is 2.82. The number of hydrogen-bond donors (Lipinski definition) is 11. The summed E-state index contributed by atoms with van der Waals surface area (Å²) < 4.78 is 0. The largest absolute Gasteiger partial charge is 0.390 e. The van der Waals surface area contributed by atoms with Gasteiger partial charge in [-0.2, -0.15) is 0 Å². The molecular weight excluding hydrogens is 470 g/mol. The minimum Gasteiger partial charge on any atom is -0.390 e. The highest BCUT2D eigenvalue weighted by atomic mass is 16.3. The highest BCUT2D eigenvalue weighted by Gasteiger charge is 2.16. The van der Waals surface area contributed by atoms with E-state index < -0.39 is 42.0 Å². The van der Waals surface area contributed by atoms with Gasteiger partial charge in [-0.15, -0.1) is 0 Å². The van der Waals surface area contributed by atoms with Crippen LogP contribution in [0.2, 0.25) is 0 Å². The number of carbonyl (C=O) groups excluding carboxylic acids is 6. The molecule has 17 N–H and O–H groups in total. The highest BCUT2D eigenvalue weighted by molar-refractivity contribution is 5.83. The topological polar surface area (TPSA) is 335 Å². The Morgan fingerprint density at radius 2 is 1.11 bits per heavy atom. The van der Waals surface area contributed by atoms with E-state index in [1.807, 2.05) is 0 Å². The lowest BCUT2D eigenvalue weighted by atomic mass is 10.1. The summed E-state index contributed by atoms with van der Waals surface area (Å²) in [5, 5.41) is 24.3. The quantitative estimate of drug-likeness (QED) is 0.0817. The van der Waals surface area contributed by atoms with E-state index in [2.05, 4.69) is 16.0 Å². The molecule has 3 atom stereocenters. The number of nitrogens with two attached hydrogens (primary N) is 6. The summed E-state index contributed by atoms with van der Waals surface area (Å²) in [7, 11) is 0. The number of carbonyl (C=O) groups is 6. The zero-order valence-corrected chi connectivity index (χ0v) is 19.4. The molecule has 0 bridgehead atoms. The Morgan fingerprint density at radius 1 is 0.714 bits per heavy atom. The maximum absolute atomic E-state index is 11.3. The number of amides is 6. The molecule has 0 saturated carbocycles. The summed E-state index contributed by atoms with van der Waals surface area (Å²) >= 11 is 0. The van der Waals surface area contributed by atoms with Gasteiger partial charge in [0.2, 0.25) is 36.4 Å². The van der Waals surface area contributed by atoms with Gasteiger partial charge in [0.05, 0.1) is 12.2 Å². The van der Waals surface area contributed by atoms with Crippen molar-refractivity contribution >= 4 is 36.4 Å². The normalized spacial score (nSPS) is 12.3. The van der Waals surface area contributed by atoms with Crippen LogP contribution in [0, 0.1) is 0 Å². The molecule has 0 aliphatic rings. The van der Waals surface area contributed by atoms with Gasteiger partial charge in [-0.05, 0) is 12.8 Å². The van der Waals surface area contributed by atoms with Gasteiger partial charge in [0.15, 0.2) is 0 Å². The maximum Gasteiger partial charge on any atom is 0.240 e. The predicted molar refractivity (Wildman–Crippen MR) is 124 cm³/mol. The van der Waals surface area contributed by atoms with Crippen LogP contribution in [0.1, 0.15) is 25.7 Å². The van der Waals surface area contributed by atoms with Crippen LogP contribution >= 0.6 is 0 Å². The summed E-state index contributed by atoms with van der Waals surface area (Å²) in [5.74, 6) is -2.26. The van der Waals surface area contributed by atoms with Crippen LogP contribution in [0.25, 0.3) is 0 Å². The molecule has 0 aromatic carbocycles. The van der Waals surface area contributed by atoms with Gasteiger partial charge < -0.3 is 60.6 Å². The van der Waals surface area contributed by atoms with E-state index in [4.69, 9.17) is 44.6 Å². The van der Waals surface area contributed by atoms with Crippen LogP contribution < -0.4 is 50.4 Å². The molecule has 0 aliphatic carbocycles. The Labute approximate surface area is 202 Å². The number of rotatable bonds is 17. The number of primary amides is 3. The fraction of sp³-hybridized carbons (Fsp3) is 0.667. The summed E-state index contributed by atoms with van der Waals surface area (Å²) in [5.41, 5.74) is 29.8. The third kappa shape index (κ3) is 25.1. The summed E-state index contributed by atoms with van der Waals surface area (Å²) in [6.45, 7) is 0.627. The van der Waals surface area contributed by atoms with E-state index >= 15 is 0 Å². The standard InChI is InChI=1S/C9H18N4O4.C6H11N3O3.C3H10N2O/c10-3-6(15)4-12-8(16)2-1-7(9(11)17)13-5-14;7-5(11)2-1-4(6(8)12)9-3-10;4-1-3(6)2-5/h5-7,15H,1-4,10H2,(H2,11,17)(H,12,16)(H,13,14);3-4H,1-2H2,(H2,7,11)(H2,8,12)(H,9,10);3,6H,1-2,4-5H2/t6?,7-;4-;/m00./s1. The van der Waals surface area contributed by atoms with Crippen LogP contribution in [0.5, 0.6) is 0 Å². The van der Waals surface area contributed by atoms with Gasteiger partial charge in [0, 0.05) is 39.0 Å². The molecule has 0 aliphatic heterocycles. The van der Waals surface area contributed by atoms with Gasteiger partial charge in [-0.3, -0.25) is 28.8 Å². The third-order valence-electron chi connectivity index (χ3n) is 3.92. The number of aliphatic hydroxyl groups excluding tert-OH is 2. The van der Waals surface area contributed by atoms with E-state index in [0.29, 0.717) is 12.8 Å². The Balaban J connectivity index is -0.000000493. The van der Waals surface area contributed by atoms with Crippen LogP contribution in [-0.4, -0.2) is 97.1 Å². The minimum atomic E-state index is -0.863. The molecule has 0 spiro atoms. The van der Waals surface area contributed by atoms with Crippen molar-refractivity contribution in [2.75, 3.05) is 26.2 Å². The molecule has 0 heterocycles. The summed E-state index contributed by atoms with van der Waals surface area (Å²) in [6, 6.07) is -1.67. The van der Waals surface area contributed by atoms with Gasteiger partial charge in [0.1, 0.15) is 12.1 Å². The lowest BCUT2D eigenvalue weighted by Gasteiger charge is -2.13. The third-order valence-corrected chi connectivity index (χ3v) is 3.92. The van der Waals surface area contributed by atoms with Gasteiger partial charge in [-0.25, -0.2) is 0 Å². The van der Waals surface area contributed by atoms with Crippen molar-refractivity contribution in [2.24, 2.45) is 34.4 Å². The first-order valence-corrected chi connectivity index (χ1v) is 10.4. The number of aliphatic hydroxyl groups is 2. The van der Waals surface area contributed by atoms with E-state index in [9.17, 15) is 28.8 Å². The van der Waals surface area contributed by atoms with Crippen molar-refractivity contribution in [3.63, 3.8) is 0 Å². The monoisotopic (exact) mass is 509 g/mol. The first kappa shape index (κ1) is 36.2. The van der Waals surface area contributed by atoms with Gasteiger partial charge in [-0.1, -0.05) is 0 Å². The molecule has 35 heavy (non-hydrogen) atoms. The SMILES string of the molecule is NC(=O)CC[C@H](NC=O)C(N)=O.NCC(O)CN.NCC(O)CNC(=O)CC[C@H](NC=O)C(N)=O. The molecule has 0 fully saturated rings. The van der Waals surface area contributed by atoms with Gasteiger partial charge in [0.25, 0.3) is 0 Å². The molecular formula is C18H39N9O8. The highest BCUT2D eigenvalue weighted by Crippen LogP contribution is 1.96. The van der Waals surface area contributed by atoms with Crippen molar-refractivity contribution in [1.82, 2.24) is 16.0 Å². The Hall–Kier alpha value is -3.38. The predicted octanol–water partition coefficient (Wildman–Crippen LogP) is -7.08. The summed E-state index contributed by atoms with van der Waals surface area (Å²) in [6.07, 6.45) is -0.298. The fourth-order valence-electron chi connectivity index (χ4n) is 1.84. The average molecular weight is 510 g/mol. The lowest BCUT2D eigenvalue weighted by Crippen LogP contribution is -2.42. The van der Waals surface area contributed by atoms with Crippen LogP contribution in [0.4, 0.5) is 0 Å². The number of nitrogens with one attached hydrogen (secondary N) is 3. The molecule has 0 rings (SSSR count). The van der Waals surface area contributed by atoms with E-state index in [1.54, 1.807) is 0 Å². The zero-order chi connectivity index (χ0) is 27.8. The van der Waals surface area contributed by atoms with Crippen molar-refractivity contribution in [3.8, 4) is 0 Å². The first-order chi connectivity index (χ1) is 16.4. The Bertz CT molecular complexity index is 635. The molecule has 17 heteroatoms.